The van der Waals surface area contributed by atoms with Crippen molar-refractivity contribution in [3.63, 3.8) is 0 Å². The second-order valence-corrected chi connectivity index (χ2v) is 4.70. The predicted molar refractivity (Wildman–Crippen MR) is 64.5 cm³/mol. The van der Waals surface area contributed by atoms with Gasteiger partial charge in [0, 0.05) is 6.42 Å². The minimum atomic E-state index is -0.948. The van der Waals surface area contributed by atoms with Crippen LogP contribution in [0.3, 0.4) is 0 Å². The molecule has 0 unspecified atom stereocenters. The van der Waals surface area contributed by atoms with E-state index in [1.165, 1.54) is 6.07 Å². The quantitative estimate of drug-likeness (QED) is 0.825. The highest BCUT2D eigenvalue weighted by Gasteiger charge is 2.13. The summed E-state index contributed by atoms with van der Waals surface area (Å²) in [5, 5.41) is 18.3. The number of ether oxygens (including phenoxy) is 1. The largest absolute Gasteiger partial charge is 0.493 e. The zero-order valence-corrected chi connectivity index (χ0v) is 10.4. The molecule has 0 heterocycles. The molecule has 0 spiro atoms. The van der Waals surface area contributed by atoms with Gasteiger partial charge >= 0.3 is 5.97 Å². The summed E-state index contributed by atoms with van der Waals surface area (Å²) in [7, 11) is 0. The highest BCUT2D eigenvalue weighted by Crippen LogP contribution is 2.20. The number of hydrogen-bond acceptors (Lipinski definition) is 3. The van der Waals surface area contributed by atoms with Gasteiger partial charge in [0.15, 0.2) is 0 Å². The molecule has 0 saturated carbocycles. The van der Waals surface area contributed by atoms with Crippen LogP contribution in [0.4, 0.5) is 0 Å². The predicted octanol–water partition coefficient (Wildman–Crippen LogP) is 2.23. The molecule has 1 rings (SSSR count). The fraction of sp³-hybridized carbons (Fsp3) is 0.462. The summed E-state index contributed by atoms with van der Waals surface area (Å²) in [5.41, 5.74) is 0.271. The third-order valence-electron chi connectivity index (χ3n) is 2.39. The van der Waals surface area contributed by atoms with Crippen molar-refractivity contribution in [2.75, 3.05) is 6.61 Å². The Balaban J connectivity index is 2.64. The molecule has 0 aliphatic carbocycles. The Morgan fingerprint density at radius 2 is 2.06 bits per heavy atom. The summed E-state index contributed by atoms with van der Waals surface area (Å²) in [6, 6.07) is 4.72. The van der Waals surface area contributed by atoms with E-state index in [9.17, 15) is 9.90 Å². The molecule has 4 heteroatoms. The third-order valence-corrected chi connectivity index (χ3v) is 2.39. The van der Waals surface area contributed by atoms with E-state index >= 15 is 0 Å². The number of aliphatic hydroxyl groups is 1. The van der Waals surface area contributed by atoms with Gasteiger partial charge in [0.1, 0.15) is 5.75 Å². The molecule has 0 bridgehead atoms. The Bertz CT molecular complexity index is 404. The van der Waals surface area contributed by atoms with Gasteiger partial charge in [-0.15, -0.1) is 0 Å². The molecule has 0 aromatic heterocycles. The van der Waals surface area contributed by atoms with Crippen molar-refractivity contribution < 1.29 is 19.7 Å². The lowest BCUT2D eigenvalue weighted by atomic mass is 10.1. The molecule has 1 aromatic carbocycles. The molecule has 0 fully saturated rings. The minimum Gasteiger partial charge on any atom is -0.493 e. The summed E-state index contributed by atoms with van der Waals surface area (Å²) < 4.78 is 5.49. The van der Waals surface area contributed by atoms with Gasteiger partial charge in [-0.25, -0.2) is 4.79 Å². The van der Waals surface area contributed by atoms with Crippen LogP contribution in [0.2, 0.25) is 0 Å². The van der Waals surface area contributed by atoms with Crippen LogP contribution >= 0.6 is 0 Å². The molecule has 4 nitrogen and oxygen atoms in total. The smallest absolute Gasteiger partial charge is 0.335 e. The van der Waals surface area contributed by atoms with Crippen LogP contribution < -0.4 is 4.74 Å². The van der Waals surface area contributed by atoms with Gasteiger partial charge in [-0.05, 0) is 44.5 Å². The monoisotopic (exact) mass is 238 g/mol. The molecule has 1 aromatic rings. The van der Waals surface area contributed by atoms with E-state index in [0.717, 1.165) is 5.56 Å². The minimum absolute atomic E-state index is 0.248. The Kier molecular flexibility index (Phi) is 4.12. The van der Waals surface area contributed by atoms with E-state index < -0.39 is 11.6 Å². The molecule has 0 saturated heterocycles. The molecule has 0 atom stereocenters. The number of rotatable bonds is 5. The Morgan fingerprint density at radius 3 is 2.53 bits per heavy atom. The van der Waals surface area contributed by atoms with Crippen molar-refractivity contribution in [3.8, 4) is 5.75 Å². The highest BCUT2D eigenvalue weighted by atomic mass is 16.5. The van der Waals surface area contributed by atoms with E-state index in [2.05, 4.69) is 0 Å². The van der Waals surface area contributed by atoms with Crippen LogP contribution in [0.1, 0.15) is 36.2 Å². The molecule has 17 heavy (non-hydrogen) atoms. The van der Waals surface area contributed by atoms with Crippen LogP contribution in [0, 0.1) is 6.92 Å². The molecule has 94 valence electrons. The van der Waals surface area contributed by atoms with E-state index in [-0.39, 0.29) is 5.56 Å². The van der Waals surface area contributed by atoms with Crippen LogP contribution in [0.15, 0.2) is 18.2 Å². The molecule has 2 N–H and O–H groups in total. The Hall–Kier alpha value is -1.55. The third kappa shape index (κ3) is 4.44. The Labute approximate surface area is 101 Å². The number of benzene rings is 1. The maximum absolute atomic E-state index is 10.7. The van der Waals surface area contributed by atoms with Crippen LogP contribution in [0.25, 0.3) is 0 Å². The SMILES string of the molecule is Cc1cc(C(=O)O)ccc1OCCC(C)(C)O. The molecule has 0 aliphatic rings. The number of aromatic carboxylic acids is 1. The summed E-state index contributed by atoms with van der Waals surface area (Å²) in [5.74, 6) is -0.296. The molecule has 0 radical (unpaired) electrons. The lowest BCUT2D eigenvalue weighted by Gasteiger charge is -2.17. The van der Waals surface area contributed by atoms with Crippen LogP contribution in [0.5, 0.6) is 5.75 Å². The lowest BCUT2D eigenvalue weighted by Crippen LogP contribution is -2.21. The zero-order chi connectivity index (χ0) is 13.1. The summed E-state index contributed by atoms with van der Waals surface area (Å²) in [6.07, 6.45) is 0.521. The topological polar surface area (TPSA) is 66.8 Å². The fourth-order valence-electron chi connectivity index (χ4n) is 1.36. The standard InChI is InChI=1S/C13H18O4/c1-9-8-10(12(14)15)4-5-11(9)17-7-6-13(2,3)16/h4-5,8,16H,6-7H2,1-3H3,(H,14,15). The number of hydrogen-bond donors (Lipinski definition) is 2. The first kappa shape index (κ1) is 13.5. The first-order valence-electron chi connectivity index (χ1n) is 5.49. The average molecular weight is 238 g/mol. The van der Waals surface area contributed by atoms with Gasteiger partial charge in [0.25, 0.3) is 0 Å². The van der Waals surface area contributed by atoms with Crippen molar-refractivity contribution in [1.82, 2.24) is 0 Å². The molecule has 0 aliphatic heterocycles. The van der Waals surface area contributed by atoms with Crippen molar-refractivity contribution >= 4 is 5.97 Å². The first-order valence-corrected chi connectivity index (χ1v) is 5.49. The second-order valence-electron chi connectivity index (χ2n) is 4.70. The Morgan fingerprint density at radius 1 is 1.41 bits per heavy atom. The number of carbonyl (C=O) groups is 1. The maximum atomic E-state index is 10.7. The van der Waals surface area contributed by atoms with E-state index in [0.29, 0.717) is 18.8 Å². The number of carboxylic acid groups (broad SMARTS) is 1. The lowest BCUT2D eigenvalue weighted by molar-refractivity contribution is 0.0552. The van der Waals surface area contributed by atoms with E-state index in [1.807, 2.05) is 0 Å². The number of carboxylic acids is 1. The molecular weight excluding hydrogens is 220 g/mol. The summed E-state index contributed by atoms with van der Waals surface area (Å²) in [6.45, 7) is 5.64. The van der Waals surface area contributed by atoms with Gasteiger partial charge in [0.05, 0.1) is 17.8 Å². The number of aryl methyl sites for hydroxylation is 1. The molecule has 0 amide bonds. The molecular formula is C13H18O4. The first-order chi connectivity index (χ1) is 7.79. The van der Waals surface area contributed by atoms with Crippen molar-refractivity contribution in [1.29, 1.82) is 0 Å². The van der Waals surface area contributed by atoms with E-state index in [1.54, 1.807) is 32.9 Å². The van der Waals surface area contributed by atoms with Crippen molar-refractivity contribution in [3.05, 3.63) is 29.3 Å². The van der Waals surface area contributed by atoms with Crippen LogP contribution in [-0.4, -0.2) is 28.4 Å². The highest BCUT2D eigenvalue weighted by molar-refractivity contribution is 5.88. The van der Waals surface area contributed by atoms with Gasteiger partial charge in [-0.3, -0.25) is 0 Å². The van der Waals surface area contributed by atoms with Crippen molar-refractivity contribution in [2.24, 2.45) is 0 Å². The van der Waals surface area contributed by atoms with E-state index in [4.69, 9.17) is 9.84 Å². The average Bonchev–Trinajstić information content (AvgIpc) is 2.18. The maximum Gasteiger partial charge on any atom is 0.335 e. The summed E-state index contributed by atoms with van der Waals surface area (Å²) >= 11 is 0. The van der Waals surface area contributed by atoms with Gasteiger partial charge in [-0.2, -0.15) is 0 Å². The van der Waals surface area contributed by atoms with Crippen LogP contribution in [-0.2, 0) is 0 Å². The van der Waals surface area contributed by atoms with Gasteiger partial charge in [0.2, 0.25) is 0 Å². The van der Waals surface area contributed by atoms with Crippen molar-refractivity contribution in [2.45, 2.75) is 32.8 Å². The van der Waals surface area contributed by atoms with Gasteiger partial charge < -0.3 is 14.9 Å². The fourth-order valence-corrected chi connectivity index (χ4v) is 1.36. The van der Waals surface area contributed by atoms with Gasteiger partial charge in [-0.1, -0.05) is 0 Å². The second kappa shape index (κ2) is 5.19. The normalized spacial score (nSPS) is 11.3. The summed E-state index contributed by atoms with van der Waals surface area (Å²) in [4.78, 5) is 10.7. The zero-order valence-electron chi connectivity index (χ0n) is 10.4.